The van der Waals surface area contributed by atoms with Crippen LogP contribution < -0.4 is 10.1 Å². The molecule has 2 aliphatic heterocycles. The molecule has 3 heterocycles. The Morgan fingerprint density at radius 3 is 2.51 bits per heavy atom. The highest BCUT2D eigenvalue weighted by atomic mass is 16.5. The van der Waals surface area contributed by atoms with E-state index in [1.807, 2.05) is 0 Å². The number of hydrogen-bond acceptors (Lipinski definition) is 3. The molecule has 5 aliphatic carbocycles. The lowest BCUT2D eigenvalue weighted by atomic mass is 9.69. The van der Waals surface area contributed by atoms with Crippen LogP contribution in [0.4, 0.5) is 0 Å². The number of aliphatic imine (C=N–C) groups is 1. The molecular formula is C59H59N3O. The fourth-order valence-corrected chi connectivity index (χ4v) is 12.0. The van der Waals surface area contributed by atoms with Crippen LogP contribution >= 0.6 is 0 Å². The largest absolute Gasteiger partial charge is 0.485 e. The van der Waals surface area contributed by atoms with Gasteiger partial charge in [0.2, 0.25) is 5.96 Å². The zero-order valence-corrected chi connectivity index (χ0v) is 37.6. The average Bonchev–Trinajstić information content (AvgIpc) is 3.98. The van der Waals surface area contributed by atoms with Gasteiger partial charge in [0.1, 0.15) is 11.9 Å². The highest BCUT2D eigenvalue weighted by molar-refractivity contribution is 6.15. The normalized spacial score (nSPS) is 27.6. The summed E-state index contributed by atoms with van der Waals surface area (Å²) in [6.45, 7) is 11.7. The Morgan fingerprint density at radius 2 is 1.67 bits per heavy atom. The number of ether oxygens (including phenoxy) is 1. The van der Waals surface area contributed by atoms with Gasteiger partial charge in [0.05, 0.1) is 22.3 Å². The summed E-state index contributed by atoms with van der Waals surface area (Å²) in [5.74, 6) is 3.80. The molecule has 1 N–H and O–H groups in total. The van der Waals surface area contributed by atoms with Crippen molar-refractivity contribution in [3.8, 4) is 5.75 Å². The van der Waals surface area contributed by atoms with Crippen molar-refractivity contribution in [2.24, 2.45) is 22.7 Å². The van der Waals surface area contributed by atoms with Gasteiger partial charge in [-0.1, -0.05) is 118 Å². The molecule has 5 aromatic rings. The van der Waals surface area contributed by atoms with Crippen molar-refractivity contribution in [1.29, 1.82) is 0 Å². The Kier molecular flexibility index (Phi) is 8.98. The van der Waals surface area contributed by atoms with Gasteiger partial charge in [-0.15, -0.1) is 0 Å². The first-order chi connectivity index (χ1) is 30.6. The third kappa shape index (κ3) is 6.41. The number of para-hydroxylation sites is 1. The molecule has 0 amide bonds. The van der Waals surface area contributed by atoms with E-state index in [0.29, 0.717) is 11.8 Å². The molecule has 12 rings (SSSR count). The van der Waals surface area contributed by atoms with E-state index in [1.54, 1.807) is 5.57 Å². The molecule has 4 heteroatoms. The van der Waals surface area contributed by atoms with Crippen LogP contribution in [0.3, 0.4) is 0 Å². The monoisotopic (exact) mass is 825 g/mol. The van der Waals surface area contributed by atoms with Crippen molar-refractivity contribution in [3.63, 3.8) is 0 Å². The molecule has 7 aliphatic rings. The van der Waals surface area contributed by atoms with Crippen LogP contribution in [-0.2, 0) is 5.41 Å². The van der Waals surface area contributed by atoms with Crippen molar-refractivity contribution in [2.45, 2.75) is 109 Å². The average molecular weight is 826 g/mol. The minimum absolute atomic E-state index is 0.0545. The van der Waals surface area contributed by atoms with Crippen LogP contribution in [0.25, 0.3) is 44.2 Å². The molecule has 0 saturated heterocycles. The second-order valence-corrected chi connectivity index (χ2v) is 20.4. The number of benzene rings is 4. The summed E-state index contributed by atoms with van der Waals surface area (Å²) >= 11 is 0. The zero-order valence-electron chi connectivity index (χ0n) is 37.6. The third-order valence-electron chi connectivity index (χ3n) is 15.7. The summed E-state index contributed by atoms with van der Waals surface area (Å²) in [7, 11) is 0. The number of fused-ring (bicyclic) bond motifs is 7. The standard InChI is InChI=1S/C59H59N3O/c1-36-12-10-13-42(30-36)46-15-6-7-17-48(46)55-51-31-37(2)27-29-59(51,5)61-57(60-55)62-52-18-9-8-16-47(52)49-34-41(22-25-53(49)62)40-21-24-45(38(3)32-40)43-23-26-54-50(35-43)58(4)28-11-14-44(56(58)63-54)33-39-19-20-39/h6-10,13-18,22-23,25-27,29-30,32,34-37,39,56H,11-12,19-21,24,28,31,33H2,1-5H3,(H,60,61). The first-order valence-electron chi connectivity index (χ1n) is 23.9. The van der Waals surface area contributed by atoms with Crippen molar-refractivity contribution in [2.75, 3.05) is 0 Å². The quantitative estimate of drug-likeness (QED) is 0.173. The molecule has 5 unspecified atom stereocenters. The van der Waals surface area contributed by atoms with Crippen LogP contribution in [0.5, 0.6) is 5.75 Å². The number of nitrogens with zero attached hydrogens (tertiary/aromatic N) is 2. The van der Waals surface area contributed by atoms with Crippen LogP contribution in [0.2, 0.25) is 0 Å². The summed E-state index contributed by atoms with van der Waals surface area (Å²) in [5.41, 5.74) is 18.1. The van der Waals surface area contributed by atoms with E-state index < -0.39 is 0 Å². The van der Waals surface area contributed by atoms with Gasteiger partial charge in [0.25, 0.3) is 0 Å². The van der Waals surface area contributed by atoms with E-state index in [1.165, 1.54) is 91.2 Å². The van der Waals surface area contributed by atoms with Gasteiger partial charge in [0.15, 0.2) is 0 Å². The molecule has 5 atom stereocenters. The number of hydrogen-bond donors (Lipinski definition) is 1. The lowest BCUT2D eigenvalue weighted by Gasteiger charge is -2.41. The zero-order chi connectivity index (χ0) is 42.6. The molecule has 1 saturated carbocycles. The van der Waals surface area contributed by atoms with Crippen molar-refractivity contribution >= 4 is 50.2 Å². The van der Waals surface area contributed by atoms with E-state index >= 15 is 0 Å². The number of allylic oxidation sites excluding steroid dienone is 10. The van der Waals surface area contributed by atoms with Gasteiger partial charge < -0.3 is 10.1 Å². The van der Waals surface area contributed by atoms with Crippen LogP contribution in [-0.4, -0.2) is 22.2 Å². The van der Waals surface area contributed by atoms with Crippen molar-refractivity contribution < 1.29 is 4.74 Å². The fraction of sp³-hybridized carbons (Fsp3) is 0.339. The molecule has 316 valence electrons. The fourth-order valence-electron chi connectivity index (χ4n) is 12.0. The van der Waals surface area contributed by atoms with E-state index in [9.17, 15) is 0 Å². The minimum atomic E-state index is -0.375. The Morgan fingerprint density at radius 1 is 0.857 bits per heavy atom. The molecular weight excluding hydrogens is 767 g/mol. The number of nitrogens with one attached hydrogen (secondary N) is 1. The van der Waals surface area contributed by atoms with E-state index in [-0.39, 0.29) is 17.1 Å². The van der Waals surface area contributed by atoms with Gasteiger partial charge in [-0.25, -0.2) is 4.99 Å². The summed E-state index contributed by atoms with van der Waals surface area (Å²) in [4.78, 5) is 5.69. The smallest absolute Gasteiger partial charge is 0.209 e. The first-order valence-corrected chi connectivity index (χ1v) is 23.9. The van der Waals surface area contributed by atoms with Crippen LogP contribution in [0.15, 0.2) is 149 Å². The van der Waals surface area contributed by atoms with Gasteiger partial charge in [0, 0.05) is 27.3 Å². The maximum absolute atomic E-state index is 6.77. The third-order valence-corrected chi connectivity index (χ3v) is 15.7. The predicted octanol–water partition coefficient (Wildman–Crippen LogP) is 14.5. The van der Waals surface area contributed by atoms with Gasteiger partial charge in [-0.2, -0.15) is 0 Å². The molecule has 0 spiro atoms. The van der Waals surface area contributed by atoms with Gasteiger partial charge in [-0.3, -0.25) is 4.57 Å². The number of aromatic nitrogens is 1. The second kappa shape index (κ2) is 14.6. The van der Waals surface area contributed by atoms with E-state index in [4.69, 9.17) is 9.73 Å². The van der Waals surface area contributed by atoms with Crippen molar-refractivity contribution in [1.82, 2.24) is 9.88 Å². The second-order valence-electron chi connectivity index (χ2n) is 20.4. The Bertz CT molecular complexity index is 3030. The summed E-state index contributed by atoms with van der Waals surface area (Å²) in [5, 5.41) is 6.51. The molecule has 4 nitrogen and oxygen atoms in total. The SMILES string of the molecule is CC1=C(c2ccc3c(c2)C2(C)CCC=C(CC4CC4)C2O3)CCC(c2ccc3c(c2)c2ccccc2n3C2=NC(c3ccccc3C3=CC(C)CC=C3)=C3CC(C)C=CC3(C)N2)=C1. The highest BCUT2D eigenvalue weighted by Gasteiger charge is 2.49. The Hall–Kier alpha value is -5.87. The van der Waals surface area contributed by atoms with Crippen LogP contribution in [0, 0.1) is 17.8 Å². The topological polar surface area (TPSA) is 38.5 Å². The Labute approximate surface area is 373 Å². The van der Waals surface area contributed by atoms with E-state index in [2.05, 4.69) is 172 Å². The molecule has 0 radical (unpaired) electrons. The minimum Gasteiger partial charge on any atom is -0.485 e. The lowest BCUT2D eigenvalue weighted by molar-refractivity contribution is 0.169. The van der Waals surface area contributed by atoms with Gasteiger partial charge in [-0.05, 0) is 170 Å². The van der Waals surface area contributed by atoms with Crippen LogP contribution in [0.1, 0.15) is 120 Å². The van der Waals surface area contributed by atoms with Gasteiger partial charge >= 0.3 is 0 Å². The highest BCUT2D eigenvalue weighted by Crippen LogP contribution is 2.54. The molecule has 4 aromatic carbocycles. The maximum atomic E-state index is 6.77. The lowest BCUT2D eigenvalue weighted by Crippen LogP contribution is -2.52. The molecule has 63 heavy (non-hydrogen) atoms. The van der Waals surface area contributed by atoms with E-state index in [0.717, 1.165) is 67.4 Å². The van der Waals surface area contributed by atoms with Crippen molar-refractivity contribution in [3.05, 3.63) is 172 Å². The number of rotatable bonds is 6. The predicted molar refractivity (Wildman–Crippen MR) is 264 cm³/mol. The summed E-state index contributed by atoms with van der Waals surface area (Å²) < 4.78 is 9.15. The summed E-state index contributed by atoms with van der Waals surface area (Å²) in [6, 6.07) is 32.0. The maximum Gasteiger partial charge on any atom is 0.209 e. The molecule has 1 aromatic heterocycles. The molecule has 0 bridgehead atoms. The summed E-state index contributed by atoms with van der Waals surface area (Å²) in [6.07, 6.45) is 27.4. The first kappa shape index (κ1) is 38.8. The molecule has 1 fully saturated rings. The Balaban J connectivity index is 0.921.